The largest absolute Gasteiger partial charge is 0.460 e. The van der Waals surface area contributed by atoms with E-state index in [0.29, 0.717) is 13.1 Å². The lowest BCUT2D eigenvalue weighted by molar-refractivity contribution is -0.148. The van der Waals surface area contributed by atoms with E-state index < -0.39 is 23.7 Å². The van der Waals surface area contributed by atoms with Crippen LogP contribution in [0.2, 0.25) is 0 Å². The highest BCUT2D eigenvalue weighted by atomic mass is 32.1. The molecule has 0 aliphatic heterocycles. The highest BCUT2D eigenvalue weighted by molar-refractivity contribution is 7.80. The van der Waals surface area contributed by atoms with Gasteiger partial charge in [-0.3, -0.25) is 14.9 Å². The van der Waals surface area contributed by atoms with Gasteiger partial charge < -0.3 is 25.8 Å². The number of hydrogen-bond acceptors (Lipinski definition) is 7. The third-order valence-corrected chi connectivity index (χ3v) is 6.27. The van der Waals surface area contributed by atoms with Crippen LogP contribution >= 0.6 is 12.2 Å². The number of amides is 2. The van der Waals surface area contributed by atoms with E-state index in [1.807, 2.05) is 24.3 Å². The SMILES string of the molecule is CC(C)(C)OC(=O)NC(=S)NCCCCCNC(=O)CC(N)C(=O)OCc1ccc2c(c1)-c1ccccc1C2. The Morgan fingerprint density at radius 1 is 0.974 bits per heavy atom. The summed E-state index contributed by atoms with van der Waals surface area (Å²) < 4.78 is 10.5. The molecule has 1 atom stereocenters. The molecule has 39 heavy (non-hydrogen) atoms. The van der Waals surface area contributed by atoms with Gasteiger partial charge in [0.1, 0.15) is 18.2 Å². The molecule has 0 saturated heterocycles. The molecule has 2 aromatic rings. The summed E-state index contributed by atoms with van der Waals surface area (Å²) in [5, 5.41) is 8.40. The second-order valence-electron chi connectivity index (χ2n) is 10.5. The highest BCUT2D eigenvalue weighted by Gasteiger charge is 2.21. The van der Waals surface area contributed by atoms with Crippen LogP contribution in [0.25, 0.3) is 11.1 Å². The number of thiocarbonyl (C=S) groups is 1. The van der Waals surface area contributed by atoms with Crippen LogP contribution < -0.4 is 21.7 Å². The van der Waals surface area contributed by atoms with Crippen molar-refractivity contribution < 1.29 is 23.9 Å². The van der Waals surface area contributed by atoms with Crippen molar-refractivity contribution in [2.24, 2.45) is 5.73 Å². The zero-order valence-electron chi connectivity index (χ0n) is 22.8. The molecule has 1 aliphatic rings. The summed E-state index contributed by atoms with van der Waals surface area (Å²) in [7, 11) is 0. The molecule has 3 rings (SSSR count). The lowest BCUT2D eigenvalue weighted by Crippen LogP contribution is -2.42. The van der Waals surface area contributed by atoms with Gasteiger partial charge in [0, 0.05) is 13.1 Å². The van der Waals surface area contributed by atoms with Crippen LogP contribution in [0.5, 0.6) is 0 Å². The van der Waals surface area contributed by atoms with Gasteiger partial charge in [0.2, 0.25) is 5.91 Å². The lowest BCUT2D eigenvalue weighted by atomic mass is 10.0. The van der Waals surface area contributed by atoms with Crippen molar-refractivity contribution in [1.82, 2.24) is 16.0 Å². The molecule has 210 valence electrons. The number of hydrogen-bond donors (Lipinski definition) is 4. The van der Waals surface area contributed by atoms with Crippen molar-refractivity contribution in [3.8, 4) is 11.1 Å². The van der Waals surface area contributed by atoms with Gasteiger partial charge in [-0.25, -0.2) is 4.79 Å². The summed E-state index contributed by atoms with van der Waals surface area (Å²) in [6, 6.07) is 13.3. The molecule has 1 unspecified atom stereocenters. The van der Waals surface area contributed by atoms with Crippen LogP contribution in [0.15, 0.2) is 42.5 Å². The fourth-order valence-electron chi connectivity index (χ4n) is 4.17. The van der Waals surface area contributed by atoms with E-state index in [0.717, 1.165) is 31.2 Å². The van der Waals surface area contributed by atoms with Gasteiger partial charge in [-0.15, -0.1) is 0 Å². The summed E-state index contributed by atoms with van der Waals surface area (Å²) in [4.78, 5) is 36.2. The molecule has 0 aromatic heterocycles. The molecule has 2 aromatic carbocycles. The van der Waals surface area contributed by atoms with E-state index in [2.05, 4.69) is 34.1 Å². The van der Waals surface area contributed by atoms with Gasteiger partial charge in [0.05, 0.1) is 6.42 Å². The molecule has 0 bridgehead atoms. The maximum Gasteiger partial charge on any atom is 0.413 e. The van der Waals surface area contributed by atoms with E-state index in [4.69, 9.17) is 27.4 Å². The van der Waals surface area contributed by atoms with Crippen LogP contribution in [-0.2, 0) is 32.1 Å². The summed E-state index contributed by atoms with van der Waals surface area (Å²) >= 11 is 5.07. The predicted molar refractivity (Wildman–Crippen MR) is 154 cm³/mol. The molecule has 0 fully saturated rings. The highest BCUT2D eigenvalue weighted by Crippen LogP contribution is 2.36. The van der Waals surface area contributed by atoms with E-state index in [9.17, 15) is 14.4 Å². The van der Waals surface area contributed by atoms with Crippen molar-refractivity contribution in [3.05, 3.63) is 59.2 Å². The number of alkyl carbamates (subject to hydrolysis) is 1. The topological polar surface area (TPSA) is 132 Å². The molecule has 0 spiro atoms. The summed E-state index contributed by atoms with van der Waals surface area (Å²) in [6.07, 6.45) is 2.56. The van der Waals surface area contributed by atoms with Crippen molar-refractivity contribution in [1.29, 1.82) is 0 Å². The van der Waals surface area contributed by atoms with E-state index >= 15 is 0 Å². The minimum Gasteiger partial charge on any atom is -0.460 e. The van der Waals surface area contributed by atoms with Gasteiger partial charge in [0.25, 0.3) is 0 Å². The minimum absolute atomic E-state index is 0.106. The van der Waals surface area contributed by atoms with E-state index in [-0.39, 0.29) is 24.0 Å². The average Bonchev–Trinajstić information content (AvgIpc) is 3.23. The normalized spacial score (nSPS) is 12.5. The molecular weight excluding hydrogens is 516 g/mol. The number of unbranched alkanes of at least 4 members (excludes halogenated alkanes) is 2. The molecule has 1 aliphatic carbocycles. The van der Waals surface area contributed by atoms with Crippen LogP contribution in [0.1, 0.15) is 63.1 Å². The van der Waals surface area contributed by atoms with Crippen molar-refractivity contribution >= 4 is 35.3 Å². The van der Waals surface area contributed by atoms with Crippen molar-refractivity contribution in [3.63, 3.8) is 0 Å². The number of carbonyl (C=O) groups is 3. The number of nitrogens with one attached hydrogen (secondary N) is 3. The van der Waals surface area contributed by atoms with Gasteiger partial charge in [-0.05, 0) is 92.6 Å². The second kappa shape index (κ2) is 14.0. The number of esters is 1. The maximum absolute atomic E-state index is 12.3. The van der Waals surface area contributed by atoms with Crippen LogP contribution in [0.4, 0.5) is 4.79 Å². The fraction of sp³-hybridized carbons (Fsp3) is 0.448. The summed E-state index contributed by atoms with van der Waals surface area (Å²) in [5.74, 6) is -0.900. The minimum atomic E-state index is -1.03. The van der Waals surface area contributed by atoms with Crippen LogP contribution in [0.3, 0.4) is 0 Å². The number of benzene rings is 2. The Kier molecular flexibility index (Phi) is 10.8. The summed E-state index contributed by atoms with van der Waals surface area (Å²) in [5.41, 5.74) is 11.1. The molecule has 0 saturated carbocycles. The third kappa shape index (κ3) is 9.96. The number of carbonyl (C=O) groups excluding carboxylic acids is 3. The first kappa shape index (κ1) is 30.0. The molecule has 9 nitrogen and oxygen atoms in total. The van der Waals surface area contributed by atoms with Gasteiger partial charge in [-0.2, -0.15) is 0 Å². The van der Waals surface area contributed by atoms with Gasteiger partial charge >= 0.3 is 12.1 Å². The monoisotopic (exact) mass is 554 g/mol. The molecule has 2 amide bonds. The molecule has 0 radical (unpaired) electrons. The Labute approximate surface area is 235 Å². The first-order valence-electron chi connectivity index (χ1n) is 13.2. The third-order valence-electron chi connectivity index (χ3n) is 6.03. The van der Waals surface area contributed by atoms with E-state index in [1.54, 1.807) is 20.8 Å². The Morgan fingerprint density at radius 2 is 1.67 bits per heavy atom. The smallest absolute Gasteiger partial charge is 0.413 e. The first-order valence-corrected chi connectivity index (χ1v) is 13.6. The summed E-state index contributed by atoms with van der Waals surface area (Å²) in [6.45, 7) is 6.48. The lowest BCUT2D eigenvalue weighted by Gasteiger charge is -2.20. The molecular formula is C29H38N4O5S. The first-order chi connectivity index (χ1) is 18.5. The Bertz CT molecular complexity index is 1190. The Hall–Kier alpha value is -3.50. The Morgan fingerprint density at radius 3 is 2.41 bits per heavy atom. The zero-order valence-corrected chi connectivity index (χ0v) is 23.6. The van der Waals surface area contributed by atoms with Crippen LogP contribution in [0, 0.1) is 0 Å². The van der Waals surface area contributed by atoms with Crippen LogP contribution in [-0.4, -0.2) is 47.8 Å². The standard InChI is InChI=1S/C29H38N4O5S/c1-29(2,3)38-28(36)33-27(39)32-14-8-4-7-13-31-25(34)17-24(30)26(35)37-18-19-11-12-21-16-20-9-5-6-10-22(20)23(21)15-19/h5-6,9-12,15,24H,4,7-8,13-14,16-18,30H2,1-3H3,(H,31,34)(H2,32,33,36,39). The number of ether oxygens (including phenoxy) is 2. The number of rotatable bonds is 11. The van der Waals surface area contributed by atoms with Crippen molar-refractivity contribution in [2.75, 3.05) is 13.1 Å². The molecule has 5 N–H and O–H groups in total. The second-order valence-corrected chi connectivity index (χ2v) is 10.9. The number of nitrogens with two attached hydrogens (primary N) is 1. The molecule has 10 heteroatoms. The fourth-order valence-corrected chi connectivity index (χ4v) is 4.36. The number of fused-ring (bicyclic) bond motifs is 3. The quantitative estimate of drug-likeness (QED) is 0.160. The Balaban J connectivity index is 1.26. The van der Waals surface area contributed by atoms with E-state index in [1.165, 1.54) is 22.3 Å². The zero-order chi connectivity index (χ0) is 28.4. The molecule has 0 heterocycles. The average molecular weight is 555 g/mol. The van der Waals surface area contributed by atoms with Gasteiger partial charge in [0.15, 0.2) is 5.11 Å². The van der Waals surface area contributed by atoms with Crippen molar-refractivity contribution in [2.45, 2.75) is 71.1 Å². The predicted octanol–water partition coefficient (Wildman–Crippen LogP) is 3.70. The van der Waals surface area contributed by atoms with Gasteiger partial charge in [-0.1, -0.05) is 36.4 Å². The maximum atomic E-state index is 12.3.